The lowest BCUT2D eigenvalue weighted by atomic mass is 10.1. The van der Waals surface area contributed by atoms with E-state index in [2.05, 4.69) is 10.2 Å². The molecule has 0 N–H and O–H groups in total. The lowest BCUT2D eigenvalue weighted by molar-refractivity contribution is 0.116. The van der Waals surface area contributed by atoms with Crippen LogP contribution in [-0.2, 0) is 17.3 Å². The number of rotatable bonds is 5. The Labute approximate surface area is 188 Å². The summed E-state index contributed by atoms with van der Waals surface area (Å²) in [5.41, 5.74) is 0.110. The summed E-state index contributed by atoms with van der Waals surface area (Å²) in [6, 6.07) is 8.82. The normalized spacial score (nSPS) is 14.6. The van der Waals surface area contributed by atoms with Gasteiger partial charge in [-0.15, -0.1) is 10.2 Å². The summed E-state index contributed by atoms with van der Waals surface area (Å²) in [7, 11) is -1.02. The van der Waals surface area contributed by atoms with Gasteiger partial charge in [0.05, 0.1) is 12.2 Å². The summed E-state index contributed by atoms with van der Waals surface area (Å²) < 4.78 is 71.3. The van der Waals surface area contributed by atoms with Gasteiger partial charge in [-0.25, -0.2) is 13.6 Å². The fourth-order valence-corrected chi connectivity index (χ4v) is 4.40. The molecule has 2 aromatic carbocycles. The summed E-state index contributed by atoms with van der Waals surface area (Å²) in [6.45, 7) is 0.181. The summed E-state index contributed by atoms with van der Waals surface area (Å²) in [5, 5.41) is 6.70. The van der Waals surface area contributed by atoms with Crippen LogP contribution in [-0.4, -0.2) is 49.9 Å². The van der Waals surface area contributed by atoms with E-state index in [-0.39, 0.29) is 42.3 Å². The first-order chi connectivity index (χ1) is 15.8. The number of para-hydroxylation sites is 1. The van der Waals surface area contributed by atoms with E-state index in [1.165, 1.54) is 35.2 Å². The maximum absolute atomic E-state index is 14.9. The molecule has 174 valence electrons. The molecular formula is C21H18F4N4O3S. The first-order valence-corrected chi connectivity index (χ1v) is 11.4. The molecule has 0 aliphatic carbocycles. The third-order valence-corrected chi connectivity index (χ3v) is 6.35. The molecule has 0 radical (unpaired) electrons. The minimum absolute atomic E-state index is 0.0313. The monoisotopic (exact) mass is 482 g/mol. The zero-order valence-corrected chi connectivity index (χ0v) is 17.9. The molecule has 0 spiro atoms. The summed E-state index contributed by atoms with van der Waals surface area (Å²) in [4.78, 5) is 15.8. The topological polar surface area (TPSA) is 79.5 Å². The van der Waals surface area contributed by atoms with Gasteiger partial charge in [-0.2, -0.15) is 8.78 Å². The van der Waals surface area contributed by atoms with Gasteiger partial charge in [-0.05, 0) is 24.3 Å². The highest BCUT2D eigenvalue weighted by Crippen LogP contribution is 2.27. The summed E-state index contributed by atoms with van der Waals surface area (Å²) in [5.74, 6) is -1.96. The Balaban J connectivity index is 1.62. The first kappa shape index (κ1) is 22.9. The fraction of sp³-hybridized carbons (Fsp3) is 0.286. The van der Waals surface area contributed by atoms with Crippen molar-refractivity contribution in [3.8, 4) is 11.5 Å². The largest absolute Gasteiger partial charge is 0.415 e. The van der Waals surface area contributed by atoms with E-state index >= 15 is 0 Å². The van der Waals surface area contributed by atoms with E-state index in [9.17, 15) is 26.6 Å². The van der Waals surface area contributed by atoms with Gasteiger partial charge in [-0.1, -0.05) is 18.2 Å². The predicted octanol–water partition coefficient (Wildman–Crippen LogP) is 4.14. The Kier molecular flexibility index (Phi) is 6.72. The molecule has 12 heteroatoms. The molecule has 1 aromatic heterocycles. The van der Waals surface area contributed by atoms with Crippen LogP contribution in [0.5, 0.6) is 0 Å². The lowest BCUT2D eigenvalue weighted by Gasteiger charge is -2.33. The molecule has 1 fully saturated rings. The van der Waals surface area contributed by atoms with Gasteiger partial charge >= 0.3 is 12.5 Å². The molecule has 3 aromatic rings. The minimum atomic E-state index is -2.96. The third kappa shape index (κ3) is 5.05. The molecule has 0 saturated carbocycles. The van der Waals surface area contributed by atoms with E-state index in [1.807, 2.05) is 0 Å². The van der Waals surface area contributed by atoms with Crippen LogP contribution < -0.4 is 4.90 Å². The molecule has 2 amide bonds. The number of carbonyl (C=O) groups is 1. The Hall–Kier alpha value is -3.28. The van der Waals surface area contributed by atoms with Crippen LogP contribution in [0.25, 0.3) is 11.5 Å². The van der Waals surface area contributed by atoms with E-state index in [0.29, 0.717) is 11.5 Å². The van der Waals surface area contributed by atoms with Crippen LogP contribution in [0.15, 0.2) is 46.9 Å². The van der Waals surface area contributed by atoms with E-state index in [0.717, 1.165) is 11.0 Å². The average Bonchev–Trinajstić information content (AvgIpc) is 3.30. The summed E-state index contributed by atoms with van der Waals surface area (Å²) >= 11 is 0. The van der Waals surface area contributed by atoms with Crippen molar-refractivity contribution < 1.29 is 31.0 Å². The summed E-state index contributed by atoms with van der Waals surface area (Å²) in [6.07, 6.45) is -2.96. The van der Waals surface area contributed by atoms with Gasteiger partial charge in [-0.3, -0.25) is 9.11 Å². The van der Waals surface area contributed by atoms with Gasteiger partial charge in [0.25, 0.3) is 5.89 Å². The van der Waals surface area contributed by atoms with Crippen LogP contribution in [0.3, 0.4) is 0 Å². The van der Waals surface area contributed by atoms with Crippen molar-refractivity contribution in [1.82, 2.24) is 15.1 Å². The second kappa shape index (κ2) is 9.69. The molecular weight excluding hydrogens is 464 g/mol. The quantitative estimate of drug-likeness (QED) is 0.511. The zero-order valence-electron chi connectivity index (χ0n) is 17.1. The van der Waals surface area contributed by atoms with Crippen molar-refractivity contribution in [1.29, 1.82) is 0 Å². The zero-order chi connectivity index (χ0) is 23.5. The lowest BCUT2D eigenvalue weighted by Crippen LogP contribution is -2.49. The molecule has 0 bridgehead atoms. The number of aromatic nitrogens is 2. The van der Waals surface area contributed by atoms with Gasteiger partial charge in [0.2, 0.25) is 5.89 Å². The Morgan fingerprint density at radius 3 is 2.45 bits per heavy atom. The van der Waals surface area contributed by atoms with Crippen LogP contribution in [0.1, 0.15) is 17.9 Å². The van der Waals surface area contributed by atoms with Gasteiger partial charge in [0.1, 0.15) is 11.6 Å². The number of halogens is 4. The van der Waals surface area contributed by atoms with Crippen molar-refractivity contribution in [2.24, 2.45) is 0 Å². The van der Waals surface area contributed by atoms with E-state index < -0.39 is 40.8 Å². The molecule has 1 aliphatic rings. The molecule has 0 atom stereocenters. The van der Waals surface area contributed by atoms with Crippen molar-refractivity contribution in [2.75, 3.05) is 29.5 Å². The van der Waals surface area contributed by atoms with E-state index in [4.69, 9.17) is 4.42 Å². The maximum Gasteiger partial charge on any atom is 0.324 e. The average molecular weight is 482 g/mol. The predicted molar refractivity (Wildman–Crippen MR) is 112 cm³/mol. The van der Waals surface area contributed by atoms with Gasteiger partial charge in [0, 0.05) is 46.5 Å². The van der Waals surface area contributed by atoms with Crippen molar-refractivity contribution in [3.05, 3.63) is 65.6 Å². The molecule has 4 rings (SSSR count). The van der Waals surface area contributed by atoms with Crippen LogP contribution in [0, 0.1) is 11.6 Å². The number of urea groups is 1. The Morgan fingerprint density at radius 1 is 1.09 bits per heavy atom. The highest BCUT2D eigenvalue weighted by Gasteiger charge is 2.28. The maximum atomic E-state index is 14.9. The number of nitrogens with zero attached hydrogens (tertiary/aromatic N) is 4. The first-order valence-electron chi connectivity index (χ1n) is 9.90. The molecule has 1 aliphatic heterocycles. The molecule has 7 nitrogen and oxygen atoms in total. The third-order valence-electron chi connectivity index (χ3n) is 5.08. The number of anilines is 1. The molecule has 1 saturated heterocycles. The Morgan fingerprint density at radius 2 is 1.82 bits per heavy atom. The van der Waals surface area contributed by atoms with Gasteiger partial charge < -0.3 is 9.32 Å². The number of benzene rings is 2. The second-order valence-corrected chi connectivity index (χ2v) is 8.90. The number of hydrogen-bond acceptors (Lipinski definition) is 5. The van der Waals surface area contributed by atoms with Crippen LogP contribution in [0.2, 0.25) is 0 Å². The van der Waals surface area contributed by atoms with Crippen molar-refractivity contribution >= 4 is 22.5 Å². The van der Waals surface area contributed by atoms with Crippen LogP contribution >= 0.6 is 0 Å². The SMILES string of the molecule is O=C(N1CCS(=O)CC1)N(Cc1ccc(-c2nnc(C(F)F)o2)cc1F)c1ccccc1F. The second-order valence-electron chi connectivity index (χ2n) is 7.21. The molecule has 2 heterocycles. The van der Waals surface area contributed by atoms with Crippen LogP contribution in [0.4, 0.5) is 28.0 Å². The number of amides is 2. The van der Waals surface area contributed by atoms with Crippen molar-refractivity contribution in [3.63, 3.8) is 0 Å². The number of carbonyl (C=O) groups excluding carboxylic acids is 1. The number of hydrogen-bond donors (Lipinski definition) is 0. The van der Waals surface area contributed by atoms with Crippen molar-refractivity contribution in [2.45, 2.75) is 13.0 Å². The fourth-order valence-electron chi connectivity index (χ4n) is 3.34. The Bertz CT molecular complexity index is 1180. The smallest absolute Gasteiger partial charge is 0.324 e. The standard InChI is InChI=1S/C21H18F4N4O3S/c22-15-3-1-2-4-17(15)29(21(30)28-7-9-33(31)10-8-28)12-14-6-5-13(11-16(14)23)19-26-27-20(32-19)18(24)25/h1-6,11,18H,7-10,12H2. The highest BCUT2D eigenvalue weighted by molar-refractivity contribution is 7.85. The number of alkyl halides is 2. The minimum Gasteiger partial charge on any atom is -0.415 e. The molecule has 0 unspecified atom stereocenters. The van der Waals surface area contributed by atoms with E-state index in [1.54, 1.807) is 6.07 Å². The highest BCUT2D eigenvalue weighted by atomic mass is 32.2. The van der Waals surface area contributed by atoms with Gasteiger partial charge in [0.15, 0.2) is 0 Å². The molecule has 33 heavy (non-hydrogen) atoms.